The number of rotatable bonds is 7. The zero-order valence-electron chi connectivity index (χ0n) is 15.3. The van der Waals surface area contributed by atoms with Crippen molar-refractivity contribution in [2.75, 3.05) is 6.54 Å². The number of hydrogen-bond acceptors (Lipinski definition) is 2. The van der Waals surface area contributed by atoms with Crippen molar-refractivity contribution in [1.29, 1.82) is 0 Å². The van der Waals surface area contributed by atoms with E-state index in [9.17, 15) is 9.90 Å². The second kappa shape index (κ2) is 7.87. The van der Waals surface area contributed by atoms with Crippen molar-refractivity contribution in [1.82, 2.24) is 9.88 Å². The minimum atomic E-state index is -0.845. The highest BCUT2D eigenvalue weighted by atomic mass is 16.4. The summed E-state index contributed by atoms with van der Waals surface area (Å²) in [4.78, 5) is 11.9. The molecule has 134 valence electrons. The first-order valence-electron chi connectivity index (χ1n) is 9.35. The van der Waals surface area contributed by atoms with E-state index in [-0.39, 0.29) is 0 Å². The molecule has 0 atom stereocenters. The van der Waals surface area contributed by atoms with Gasteiger partial charge in [0.1, 0.15) is 5.69 Å². The Kier molecular flexibility index (Phi) is 5.59. The molecule has 4 nitrogen and oxygen atoms in total. The predicted molar refractivity (Wildman–Crippen MR) is 102 cm³/mol. The van der Waals surface area contributed by atoms with Gasteiger partial charge in [-0.15, -0.1) is 0 Å². The van der Waals surface area contributed by atoms with Gasteiger partial charge in [-0.3, -0.25) is 0 Å². The van der Waals surface area contributed by atoms with Gasteiger partial charge >= 0.3 is 5.97 Å². The monoisotopic (exact) mass is 340 g/mol. The molecular weight excluding hydrogens is 312 g/mol. The first-order valence-corrected chi connectivity index (χ1v) is 9.35. The van der Waals surface area contributed by atoms with Crippen LogP contribution < -0.4 is 5.32 Å². The van der Waals surface area contributed by atoms with Crippen molar-refractivity contribution in [3.05, 3.63) is 46.7 Å². The second-order valence-electron chi connectivity index (χ2n) is 6.93. The van der Waals surface area contributed by atoms with Crippen LogP contribution in [0.5, 0.6) is 0 Å². The van der Waals surface area contributed by atoms with Gasteiger partial charge in [-0.05, 0) is 64.1 Å². The molecule has 0 aliphatic heterocycles. The van der Waals surface area contributed by atoms with Crippen molar-refractivity contribution in [2.24, 2.45) is 0 Å². The molecule has 2 N–H and O–H groups in total. The molecule has 0 spiro atoms. The van der Waals surface area contributed by atoms with E-state index in [1.165, 1.54) is 25.7 Å². The number of nitrogens with one attached hydrogen (secondary N) is 1. The summed E-state index contributed by atoms with van der Waals surface area (Å²) in [5, 5.41) is 14.3. The molecule has 0 saturated heterocycles. The first kappa shape index (κ1) is 17.7. The Bertz CT molecular complexity index is 802. The van der Waals surface area contributed by atoms with Crippen LogP contribution in [-0.2, 0) is 13.1 Å². The number of aryl methyl sites for hydroxylation is 2. The Morgan fingerprint density at radius 2 is 2.16 bits per heavy atom. The van der Waals surface area contributed by atoms with Crippen LogP contribution in [0.3, 0.4) is 0 Å². The Morgan fingerprint density at radius 3 is 2.84 bits per heavy atom. The van der Waals surface area contributed by atoms with E-state index in [1.54, 1.807) is 5.57 Å². The highest BCUT2D eigenvalue weighted by Gasteiger charge is 2.21. The molecule has 3 rings (SSSR count). The van der Waals surface area contributed by atoms with Crippen LogP contribution in [0.4, 0.5) is 0 Å². The predicted octanol–water partition coefficient (Wildman–Crippen LogP) is 4.65. The molecular formula is C21H28N2O2. The van der Waals surface area contributed by atoms with Crippen LogP contribution in [0.15, 0.2) is 29.8 Å². The number of hydrogen-bond donors (Lipinski definition) is 2. The zero-order chi connectivity index (χ0) is 17.8. The van der Waals surface area contributed by atoms with Gasteiger partial charge in [0.15, 0.2) is 0 Å². The normalized spacial score (nSPS) is 14.7. The maximum absolute atomic E-state index is 11.9. The number of carbonyl (C=O) groups is 1. The topological polar surface area (TPSA) is 54.3 Å². The van der Waals surface area contributed by atoms with Gasteiger partial charge in [-0.2, -0.15) is 0 Å². The fourth-order valence-electron chi connectivity index (χ4n) is 3.88. The molecule has 4 heteroatoms. The first-order chi connectivity index (χ1) is 12.1. The van der Waals surface area contributed by atoms with E-state index in [4.69, 9.17) is 0 Å². The molecule has 1 aliphatic rings. The third-order valence-corrected chi connectivity index (χ3v) is 5.15. The van der Waals surface area contributed by atoms with Crippen molar-refractivity contribution in [3.63, 3.8) is 0 Å². The molecule has 0 saturated carbocycles. The lowest BCUT2D eigenvalue weighted by atomic mass is 9.97. The number of aromatic carboxylic acids is 1. The van der Waals surface area contributed by atoms with Crippen LogP contribution in [-0.4, -0.2) is 22.2 Å². The number of aromatic nitrogens is 1. The van der Waals surface area contributed by atoms with Gasteiger partial charge in [0.25, 0.3) is 0 Å². The summed E-state index contributed by atoms with van der Waals surface area (Å²) in [5.41, 5.74) is 5.05. The van der Waals surface area contributed by atoms with Gasteiger partial charge in [-0.25, -0.2) is 4.79 Å². The highest BCUT2D eigenvalue weighted by molar-refractivity contribution is 5.98. The van der Waals surface area contributed by atoms with E-state index in [0.717, 1.165) is 35.0 Å². The van der Waals surface area contributed by atoms with Crippen molar-refractivity contribution < 1.29 is 9.90 Å². The molecule has 0 bridgehead atoms. The average Bonchev–Trinajstić information content (AvgIpc) is 2.92. The minimum absolute atomic E-state index is 0.424. The van der Waals surface area contributed by atoms with Crippen molar-refractivity contribution >= 4 is 16.9 Å². The van der Waals surface area contributed by atoms with Crippen LogP contribution in [0.1, 0.15) is 60.6 Å². The van der Waals surface area contributed by atoms with E-state index in [1.807, 2.05) is 18.4 Å². The number of carboxylic acids is 1. The fourth-order valence-corrected chi connectivity index (χ4v) is 3.88. The van der Waals surface area contributed by atoms with Gasteiger partial charge in [-0.1, -0.05) is 23.8 Å². The number of allylic oxidation sites excluding steroid dienone is 1. The lowest BCUT2D eigenvalue weighted by Gasteiger charge is -2.13. The van der Waals surface area contributed by atoms with Gasteiger partial charge in [0.2, 0.25) is 0 Å². The largest absolute Gasteiger partial charge is 0.477 e. The molecule has 1 heterocycles. The third kappa shape index (κ3) is 3.79. The summed E-state index contributed by atoms with van der Waals surface area (Å²) in [6.45, 7) is 6.20. The summed E-state index contributed by atoms with van der Waals surface area (Å²) < 4.78 is 1.92. The Morgan fingerprint density at radius 1 is 1.32 bits per heavy atom. The quantitative estimate of drug-likeness (QED) is 0.570. The second-order valence-corrected chi connectivity index (χ2v) is 6.93. The number of nitrogens with zero attached hydrogens (tertiary/aromatic N) is 1. The van der Waals surface area contributed by atoms with Gasteiger partial charge in [0, 0.05) is 29.6 Å². The number of benzene rings is 1. The fraction of sp³-hybridized carbons (Fsp3) is 0.476. The minimum Gasteiger partial charge on any atom is -0.477 e. The number of carboxylic acid groups (broad SMARTS) is 1. The SMILES string of the molecule is CCn1c(C(=O)O)c(CNCCC2=CCCCC2)c2ccc(C)cc21. The van der Waals surface area contributed by atoms with Crippen molar-refractivity contribution in [3.8, 4) is 0 Å². The maximum Gasteiger partial charge on any atom is 0.352 e. The smallest absolute Gasteiger partial charge is 0.352 e. The Hall–Kier alpha value is -2.07. The summed E-state index contributed by atoms with van der Waals surface area (Å²) in [7, 11) is 0. The standard InChI is InChI=1S/C21H28N2O2/c1-3-23-19-13-15(2)9-10-17(19)18(20(23)21(24)25)14-22-12-11-16-7-5-4-6-8-16/h7,9-10,13,22H,3-6,8,11-12,14H2,1-2H3,(H,24,25). The average molecular weight is 340 g/mol. The van der Waals surface area contributed by atoms with E-state index in [2.05, 4.69) is 29.6 Å². The third-order valence-electron chi connectivity index (χ3n) is 5.15. The molecule has 0 fully saturated rings. The Labute approximate surface area is 149 Å². The van der Waals surface area contributed by atoms with E-state index >= 15 is 0 Å². The maximum atomic E-state index is 11.9. The molecule has 1 aromatic heterocycles. The lowest BCUT2D eigenvalue weighted by molar-refractivity contribution is 0.0684. The molecule has 1 aromatic carbocycles. The zero-order valence-corrected chi connectivity index (χ0v) is 15.3. The molecule has 0 radical (unpaired) electrons. The summed E-state index contributed by atoms with van der Waals surface area (Å²) in [6, 6.07) is 6.20. The summed E-state index contributed by atoms with van der Waals surface area (Å²) in [5.74, 6) is -0.845. The highest BCUT2D eigenvalue weighted by Crippen LogP contribution is 2.28. The van der Waals surface area contributed by atoms with Crippen LogP contribution in [0, 0.1) is 6.92 Å². The summed E-state index contributed by atoms with van der Waals surface area (Å²) >= 11 is 0. The van der Waals surface area contributed by atoms with Crippen LogP contribution in [0.2, 0.25) is 0 Å². The van der Waals surface area contributed by atoms with E-state index in [0.29, 0.717) is 18.8 Å². The molecule has 0 unspecified atom stereocenters. The van der Waals surface area contributed by atoms with E-state index < -0.39 is 5.97 Å². The molecule has 1 aliphatic carbocycles. The molecule has 25 heavy (non-hydrogen) atoms. The van der Waals surface area contributed by atoms with Crippen molar-refractivity contribution in [2.45, 2.75) is 59.0 Å². The van der Waals surface area contributed by atoms with Gasteiger partial charge in [0.05, 0.1) is 0 Å². The summed E-state index contributed by atoms with van der Waals surface area (Å²) in [6.07, 6.45) is 8.49. The van der Waals surface area contributed by atoms with Gasteiger partial charge < -0.3 is 15.0 Å². The van der Waals surface area contributed by atoms with Crippen LogP contribution >= 0.6 is 0 Å². The molecule has 2 aromatic rings. The number of fused-ring (bicyclic) bond motifs is 1. The Balaban J connectivity index is 1.80. The van der Waals surface area contributed by atoms with Crippen LogP contribution in [0.25, 0.3) is 10.9 Å². The molecule has 0 amide bonds. The lowest BCUT2D eigenvalue weighted by Crippen LogP contribution is -2.18.